The van der Waals surface area contributed by atoms with Gasteiger partial charge in [-0.15, -0.1) is 11.3 Å². The second kappa shape index (κ2) is 4.63. The molecule has 1 nitrogen and oxygen atoms in total. The van der Waals surface area contributed by atoms with Gasteiger partial charge in [-0.25, -0.2) is 0 Å². The molecule has 0 radical (unpaired) electrons. The number of nitrogens with one attached hydrogen (secondary N) is 1. The van der Waals surface area contributed by atoms with Crippen LogP contribution < -0.4 is 5.32 Å². The molecule has 2 aromatic rings. The van der Waals surface area contributed by atoms with Crippen LogP contribution in [0.3, 0.4) is 0 Å². The normalized spacial score (nSPS) is 19.0. The minimum atomic E-state index is 0.667. The van der Waals surface area contributed by atoms with Gasteiger partial charge >= 0.3 is 0 Å². The van der Waals surface area contributed by atoms with Crippen LogP contribution in [0.25, 0.3) is 10.4 Å². The number of aryl methyl sites for hydroxylation is 1. The molecule has 1 aromatic heterocycles. The number of hydrogen-bond acceptors (Lipinski definition) is 2. The molecule has 0 amide bonds. The molecule has 1 heterocycles. The molecule has 0 spiro atoms. The molecule has 3 rings (SSSR count). The van der Waals surface area contributed by atoms with Crippen molar-refractivity contribution in [2.24, 2.45) is 0 Å². The minimum Gasteiger partial charge on any atom is -0.317 e. The molecule has 1 unspecified atom stereocenters. The van der Waals surface area contributed by atoms with Crippen LogP contribution in [0.2, 0.25) is 0 Å². The van der Waals surface area contributed by atoms with Crippen molar-refractivity contribution in [3.63, 3.8) is 0 Å². The maximum Gasteiger partial charge on any atom is 0.0348 e. The molecule has 0 saturated heterocycles. The number of rotatable bonds is 2. The molecule has 1 aliphatic carbocycles. The van der Waals surface area contributed by atoms with Gasteiger partial charge in [0.25, 0.3) is 0 Å². The molecule has 0 saturated carbocycles. The fraction of sp³-hybridized carbons (Fsp3) is 0.333. The van der Waals surface area contributed by atoms with Gasteiger partial charge in [0.15, 0.2) is 0 Å². The van der Waals surface area contributed by atoms with Crippen LogP contribution >= 0.6 is 11.3 Å². The first-order valence-electron chi connectivity index (χ1n) is 6.21. The lowest BCUT2D eigenvalue weighted by molar-refractivity contribution is 0.501. The number of benzene rings is 1. The Morgan fingerprint density at radius 1 is 1.24 bits per heavy atom. The standard InChI is InChI=1S/C15H17NS/c1-16-13-7-8-14-12(9-13)10-15(17-14)11-5-3-2-4-6-11/h2-6,10,13,16H,7-9H2,1H3. The van der Waals surface area contributed by atoms with Crippen LogP contribution in [0.15, 0.2) is 36.4 Å². The Balaban J connectivity index is 1.93. The van der Waals surface area contributed by atoms with Gasteiger partial charge in [0.1, 0.15) is 0 Å². The van der Waals surface area contributed by atoms with Crippen molar-refractivity contribution in [1.82, 2.24) is 5.32 Å². The van der Waals surface area contributed by atoms with E-state index in [0.29, 0.717) is 6.04 Å². The topological polar surface area (TPSA) is 12.0 Å². The fourth-order valence-corrected chi connectivity index (χ4v) is 3.73. The Kier molecular flexibility index (Phi) is 3.00. The monoisotopic (exact) mass is 243 g/mol. The maximum absolute atomic E-state index is 3.40. The Labute approximate surface area is 106 Å². The molecular weight excluding hydrogens is 226 g/mol. The van der Waals surface area contributed by atoms with Gasteiger partial charge in [-0.2, -0.15) is 0 Å². The van der Waals surface area contributed by atoms with Crippen LogP contribution in [-0.2, 0) is 12.8 Å². The third-order valence-corrected chi connectivity index (χ3v) is 4.84. The summed E-state index contributed by atoms with van der Waals surface area (Å²) in [6, 6.07) is 13.8. The van der Waals surface area contributed by atoms with Crippen molar-refractivity contribution in [2.45, 2.75) is 25.3 Å². The number of likely N-dealkylation sites (N-methyl/N-ethyl adjacent to an activating group) is 1. The molecule has 2 heteroatoms. The van der Waals surface area contributed by atoms with Gasteiger partial charge in [-0.1, -0.05) is 30.3 Å². The second-order valence-corrected chi connectivity index (χ2v) is 5.79. The maximum atomic E-state index is 3.40. The molecule has 88 valence electrons. The van der Waals surface area contributed by atoms with Crippen molar-refractivity contribution in [2.75, 3.05) is 7.05 Å². The predicted octanol–water partition coefficient (Wildman–Crippen LogP) is 3.49. The quantitative estimate of drug-likeness (QED) is 0.851. The summed E-state index contributed by atoms with van der Waals surface area (Å²) in [7, 11) is 2.07. The van der Waals surface area contributed by atoms with Crippen molar-refractivity contribution in [3.8, 4) is 10.4 Å². The highest BCUT2D eigenvalue weighted by molar-refractivity contribution is 7.15. The molecule has 1 atom stereocenters. The lowest BCUT2D eigenvalue weighted by Gasteiger charge is -2.20. The molecule has 0 aliphatic heterocycles. The lowest BCUT2D eigenvalue weighted by Crippen LogP contribution is -2.30. The summed E-state index contributed by atoms with van der Waals surface area (Å²) in [5.41, 5.74) is 2.91. The molecule has 1 aromatic carbocycles. The highest BCUT2D eigenvalue weighted by Gasteiger charge is 2.20. The zero-order valence-corrected chi connectivity index (χ0v) is 10.9. The SMILES string of the molecule is CNC1CCc2sc(-c3ccccc3)cc2C1. The van der Waals surface area contributed by atoms with E-state index >= 15 is 0 Å². The Morgan fingerprint density at radius 3 is 2.82 bits per heavy atom. The largest absolute Gasteiger partial charge is 0.317 e. The predicted molar refractivity (Wildman–Crippen MR) is 74.6 cm³/mol. The molecule has 17 heavy (non-hydrogen) atoms. The van der Waals surface area contributed by atoms with E-state index in [9.17, 15) is 0 Å². The van der Waals surface area contributed by atoms with E-state index in [2.05, 4.69) is 48.8 Å². The third kappa shape index (κ3) is 2.15. The number of thiophene rings is 1. The first kappa shape index (κ1) is 11.0. The van der Waals surface area contributed by atoms with E-state index in [1.54, 1.807) is 10.4 Å². The summed E-state index contributed by atoms with van der Waals surface area (Å²) in [6.45, 7) is 0. The first-order valence-corrected chi connectivity index (χ1v) is 7.03. The molecular formula is C15H17NS. The zero-order valence-electron chi connectivity index (χ0n) is 10.1. The van der Waals surface area contributed by atoms with E-state index < -0.39 is 0 Å². The van der Waals surface area contributed by atoms with E-state index in [1.165, 1.54) is 29.7 Å². The van der Waals surface area contributed by atoms with Crippen molar-refractivity contribution in [3.05, 3.63) is 46.8 Å². The van der Waals surface area contributed by atoms with Crippen LogP contribution in [0.1, 0.15) is 16.9 Å². The highest BCUT2D eigenvalue weighted by Crippen LogP contribution is 2.35. The minimum absolute atomic E-state index is 0.667. The van der Waals surface area contributed by atoms with Crippen LogP contribution in [0.4, 0.5) is 0 Å². The van der Waals surface area contributed by atoms with Crippen molar-refractivity contribution < 1.29 is 0 Å². The number of fused-ring (bicyclic) bond motifs is 1. The van der Waals surface area contributed by atoms with E-state index in [0.717, 1.165) is 0 Å². The average Bonchev–Trinajstić information content (AvgIpc) is 2.82. The summed E-state index contributed by atoms with van der Waals surface area (Å²) in [5, 5.41) is 3.40. The lowest BCUT2D eigenvalue weighted by atomic mass is 9.94. The molecule has 0 fully saturated rings. The van der Waals surface area contributed by atoms with E-state index in [-0.39, 0.29) is 0 Å². The highest BCUT2D eigenvalue weighted by atomic mass is 32.1. The summed E-state index contributed by atoms with van der Waals surface area (Å²) in [5.74, 6) is 0. The van der Waals surface area contributed by atoms with E-state index in [4.69, 9.17) is 0 Å². The van der Waals surface area contributed by atoms with Crippen LogP contribution in [0.5, 0.6) is 0 Å². The van der Waals surface area contributed by atoms with E-state index in [1.807, 2.05) is 11.3 Å². The summed E-state index contributed by atoms with van der Waals surface area (Å²) in [4.78, 5) is 3.02. The van der Waals surface area contributed by atoms with Gasteiger partial charge in [0, 0.05) is 15.8 Å². The zero-order chi connectivity index (χ0) is 11.7. The Bertz CT molecular complexity index is 501. The van der Waals surface area contributed by atoms with Gasteiger partial charge in [-0.05, 0) is 43.5 Å². The molecule has 1 N–H and O–H groups in total. The van der Waals surface area contributed by atoms with Gasteiger partial charge in [0.05, 0.1) is 0 Å². The van der Waals surface area contributed by atoms with Crippen molar-refractivity contribution >= 4 is 11.3 Å². The van der Waals surface area contributed by atoms with Crippen LogP contribution in [0, 0.1) is 0 Å². The van der Waals surface area contributed by atoms with Gasteiger partial charge in [0.2, 0.25) is 0 Å². The molecule has 0 bridgehead atoms. The second-order valence-electron chi connectivity index (χ2n) is 4.65. The summed E-state index contributed by atoms with van der Waals surface area (Å²) < 4.78 is 0. The van der Waals surface area contributed by atoms with Crippen LogP contribution in [-0.4, -0.2) is 13.1 Å². The summed E-state index contributed by atoms with van der Waals surface area (Å²) in [6.07, 6.45) is 3.70. The van der Waals surface area contributed by atoms with Gasteiger partial charge < -0.3 is 5.32 Å². The third-order valence-electron chi connectivity index (χ3n) is 3.55. The fourth-order valence-electron chi connectivity index (χ4n) is 2.51. The smallest absolute Gasteiger partial charge is 0.0348 e. The van der Waals surface area contributed by atoms with Crippen molar-refractivity contribution in [1.29, 1.82) is 0 Å². The first-order chi connectivity index (χ1) is 8.36. The average molecular weight is 243 g/mol. The Hall–Kier alpha value is -1.12. The van der Waals surface area contributed by atoms with Gasteiger partial charge in [-0.3, -0.25) is 0 Å². The number of hydrogen-bond donors (Lipinski definition) is 1. The summed E-state index contributed by atoms with van der Waals surface area (Å²) >= 11 is 1.97. The molecule has 1 aliphatic rings. The Morgan fingerprint density at radius 2 is 2.06 bits per heavy atom.